The summed E-state index contributed by atoms with van der Waals surface area (Å²) in [7, 11) is 1.67. The summed E-state index contributed by atoms with van der Waals surface area (Å²) >= 11 is 0. The Morgan fingerprint density at radius 2 is 2.21 bits per heavy atom. The molecule has 0 spiro atoms. The Bertz CT molecular complexity index is 761. The number of methoxy groups -OCH3 is 1. The van der Waals surface area contributed by atoms with Gasteiger partial charge in [-0.25, -0.2) is 4.98 Å². The fraction of sp³-hybridized carbons (Fsp3) is 0.286. The second-order valence-electron chi connectivity index (χ2n) is 4.92. The fourth-order valence-corrected chi connectivity index (χ4v) is 2.33. The molecule has 2 heterocycles. The van der Waals surface area contributed by atoms with Crippen LogP contribution in [-0.4, -0.2) is 28.3 Å². The zero-order valence-corrected chi connectivity index (χ0v) is 10.6. The number of hydrogen-bond donors (Lipinski definition) is 2. The average molecular weight is 254 g/mol. The Kier molecular flexibility index (Phi) is 2.15. The third-order valence-electron chi connectivity index (χ3n) is 3.52. The minimum absolute atomic E-state index is 0.565. The molecule has 2 aromatic heterocycles. The number of hydrogen-bond acceptors (Lipinski definition) is 4. The van der Waals surface area contributed by atoms with E-state index >= 15 is 0 Å². The number of fused-ring (bicyclic) bond motifs is 3. The van der Waals surface area contributed by atoms with E-state index in [0.29, 0.717) is 6.04 Å². The molecule has 0 bridgehead atoms. The molecule has 0 amide bonds. The van der Waals surface area contributed by atoms with E-state index in [1.165, 1.54) is 12.8 Å². The summed E-state index contributed by atoms with van der Waals surface area (Å²) in [6, 6.07) is 6.48. The van der Waals surface area contributed by atoms with Crippen LogP contribution in [0.1, 0.15) is 12.8 Å². The summed E-state index contributed by atoms with van der Waals surface area (Å²) in [5.41, 5.74) is 1.92. The Morgan fingerprint density at radius 1 is 1.32 bits per heavy atom. The van der Waals surface area contributed by atoms with Crippen molar-refractivity contribution in [1.29, 1.82) is 0 Å². The summed E-state index contributed by atoms with van der Waals surface area (Å²) in [4.78, 5) is 4.69. The molecule has 1 aliphatic carbocycles. The molecule has 5 nitrogen and oxygen atoms in total. The summed E-state index contributed by atoms with van der Waals surface area (Å²) in [6.45, 7) is 0. The van der Waals surface area contributed by atoms with Crippen molar-refractivity contribution in [2.24, 2.45) is 0 Å². The van der Waals surface area contributed by atoms with Crippen LogP contribution in [0.3, 0.4) is 0 Å². The number of aromatic amines is 1. The Labute approximate surface area is 110 Å². The zero-order chi connectivity index (χ0) is 12.8. The summed E-state index contributed by atoms with van der Waals surface area (Å²) in [5.74, 6) is 1.73. The highest BCUT2D eigenvalue weighted by Gasteiger charge is 2.23. The first kappa shape index (κ1) is 10.6. The molecular weight excluding hydrogens is 240 g/mol. The van der Waals surface area contributed by atoms with Crippen LogP contribution >= 0.6 is 0 Å². The summed E-state index contributed by atoms with van der Waals surface area (Å²) in [5, 5.41) is 12.8. The lowest BCUT2D eigenvalue weighted by Gasteiger charge is -2.08. The molecule has 1 fully saturated rings. The van der Waals surface area contributed by atoms with Crippen LogP contribution in [0.4, 0.5) is 5.82 Å². The first-order valence-electron chi connectivity index (χ1n) is 6.42. The molecule has 0 radical (unpaired) electrons. The van der Waals surface area contributed by atoms with Gasteiger partial charge in [0, 0.05) is 16.8 Å². The van der Waals surface area contributed by atoms with Gasteiger partial charge in [-0.1, -0.05) is 0 Å². The predicted molar refractivity (Wildman–Crippen MR) is 74.6 cm³/mol. The van der Waals surface area contributed by atoms with E-state index in [1.54, 1.807) is 7.11 Å². The number of aromatic nitrogens is 3. The number of H-pyrrole nitrogens is 1. The van der Waals surface area contributed by atoms with Crippen LogP contribution in [0, 0.1) is 0 Å². The van der Waals surface area contributed by atoms with Crippen molar-refractivity contribution < 1.29 is 4.74 Å². The molecule has 4 rings (SSSR count). The van der Waals surface area contributed by atoms with Gasteiger partial charge >= 0.3 is 0 Å². The van der Waals surface area contributed by atoms with Crippen molar-refractivity contribution in [1.82, 2.24) is 15.2 Å². The second kappa shape index (κ2) is 3.85. The van der Waals surface area contributed by atoms with Gasteiger partial charge in [-0.05, 0) is 31.0 Å². The molecule has 0 unspecified atom stereocenters. The largest absolute Gasteiger partial charge is 0.497 e. The van der Waals surface area contributed by atoms with Gasteiger partial charge in [-0.15, -0.1) is 0 Å². The van der Waals surface area contributed by atoms with Crippen LogP contribution in [-0.2, 0) is 0 Å². The molecule has 19 heavy (non-hydrogen) atoms. The third kappa shape index (κ3) is 1.69. The number of benzene rings is 1. The van der Waals surface area contributed by atoms with Gasteiger partial charge in [0.15, 0.2) is 5.82 Å². The molecule has 3 aromatic rings. The van der Waals surface area contributed by atoms with E-state index in [0.717, 1.165) is 33.4 Å². The highest BCUT2D eigenvalue weighted by atomic mass is 16.5. The highest BCUT2D eigenvalue weighted by Crippen LogP contribution is 2.32. The van der Waals surface area contributed by atoms with Gasteiger partial charge in [0.25, 0.3) is 0 Å². The Morgan fingerprint density at radius 3 is 3.00 bits per heavy atom. The number of ether oxygens (including phenoxy) is 1. The third-order valence-corrected chi connectivity index (χ3v) is 3.52. The molecule has 96 valence electrons. The van der Waals surface area contributed by atoms with Gasteiger partial charge in [0.05, 0.1) is 18.8 Å². The first-order chi connectivity index (χ1) is 9.35. The molecule has 1 aromatic carbocycles. The number of pyridine rings is 1. The van der Waals surface area contributed by atoms with Gasteiger partial charge in [0.1, 0.15) is 11.3 Å². The minimum atomic E-state index is 0.565. The molecular formula is C14H14N4O. The molecule has 0 aliphatic heterocycles. The van der Waals surface area contributed by atoms with E-state index in [4.69, 9.17) is 9.72 Å². The van der Waals surface area contributed by atoms with Crippen molar-refractivity contribution in [3.05, 3.63) is 24.4 Å². The standard InChI is InChI=1S/C14H14N4O/c1-19-9-4-5-12-10(6-9)11-7-15-18-13(11)14(17-12)16-8-2-3-8/h4-8H,2-3H2,1H3,(H,15,18)(H,16,17). The van der Waals surface area contributed by atoms with Crippen molar-refractivity contribution in [2.45, 2.75) is 18.9 Å². The van der Waals surface area contributed by atoms with E-state index in [2.05, 4.69) is 15.5 Å². The van der Waals surface area contributed by atoms with Crippen molar-refractivity contribution in [3.8, 4) is 5.75 Å². The van der Waals surface area contributed by atoms with Crippen molar-refractivity contribution in [3.63, 3.8) is 0 Å². The summed E-state index contributed by atoms with van der Waals surface area (Å²) in [6.07, 6.45) is 4.28. The monoisotopic (exact) mass is 254 g/mol. The maximum absolute atomic E-state index is 5.28. The molecule has 0 atom stereocenters. The van der Waals surface area contributed by atoms with Crippen LogP contribution in [0.5, 0.6) is 5.75 Å². The van der Waals surface area contributed by atoms with Crippen molar-refractivity contribution >= 4 is 27.6 Å². The normalized spacial score (nSPS) is 15.0. The maximum Gasteiger partial charge on any atom is 0.152 e. The number of nitrogens with one attached hydrogen (secondary N) is 2. The van der Waals surface area contributed by atoms with Crippen LogP contribution in [0.25, 0.3) is 21.8 Å². The van der Waals surface area contributed by atoms with Gasteiger partial charge < -0.3 is 10.1 Å². The number of anilines is 1. The van der Waals surface area contributed by atoms with Gasteiger partial charge in [-0.2, -0.15) is 5.10 Å². The molecule has 1 aliphatic rings. The van der Waals surface area contributed by atoms with Crippen molar-refractivity contribution in [2.75, 3.05) is 12.4 Å². The zero-order valence-electron chi connectivity index (χ0n) is 10.6. The smallest absolute Gasteiger partial charge is 0.152 e. The van der Waals surface area contributed by atoms with Crippen LogP contribution in [0.2, 0.25) is 0 Å². The Balaban J connectivity index is 1.99. The fourth-order valence-electron chi connectivity index (χ4n) is 2.33. The lowest BCUT2D eigenvalue weighted by molar-refractivity contribution is 0.415. The molecule has 0 saturated heterocycles. The lowest BCUT2D eigenvalue weighted by Crippen LogP contribution is -2.04. The maximum atomic E-state index is 5.28. The first-order valence-corrected chi connectivity index (χ1v) is 6.42. The summed E-state index contributed by atoms with van der Waals surface area (Å²) < 4.78 is 5.28. The van der Waals surface area contributed by atoms with E-state index in [1.807, 2.05) is 24.4 Å². The topological polar surface area (TPSA) is 62.8 Å². The van der Waals surface area contributed by atoms with E-state index in [9.17, 15) is 0 Å². The lowest BCUT2D eigenvalue weighted by atomic mass is 10.1. The molecule has 5 heteroatoms. The second-order valence-corrected chi connectivity index (χ2v) is 4.92. The number of nitrogens with zero attached hydrogens (tertiary/aromatic N) is 2. The highest BCUT2D eigenvalue weighted by molar-refractivity contribution is 6.08. The van der Waals surface area contributed by atoms with Gasteiger partial charge in [-0.3, -0.25) is 5.10 Å². The quantitative estimate of drug-likeness (QED) is 0.754. The van der Waals surface area contributed by atoms with Crippen LogP contribution in [0.15, 0.2) is 24.4 Å². The predicted octanol–water partition coefficient (Wildman–Crippen LogP) is 2.69. The molecule has 2 N–H and O–H groups in total. The van der Waals surface area contributed by atoms with Gasteiger partial charge in [0.2, 0.25) is 0 Å². The van der Waals surface area contributed by atoms with Crippen LogP contribution < -0.4 is 10.1 Å². The van der Waals surface area contributed by atoms with E-state index < -0.39 is 0 Å². The SMILES string of the molecule is COc1ccc2nc(NC3CC3)c3[nH]ncc3c2c1. The average Bonchev–Trinajstić information content (AvgIpc) is 3.11. The molecule has 1 saturated carbocycles. The van der Waals surface area contributed by atoms with E-state index in [-0.39, 0.29) is 0 Å². The minimum Gasteiger partial charge on any atom is -0.497 e. The Hall–Kier alpha value is -2.30. The number of rotatable bonds is 3.